The van der Waals surface area contributed by atoms with Crippen molar-refractivity contribution in [2.45, 2.75) is 45.7 Å². The molecule has 2 N–H and O–H groups in total. The van der Waals surface area contributed by atoms with Crippen LogP contribution in [0.15, 0.2) is 30.3 Å². The van der Waals surface area contributed by atoms with Gasteiger partial charge >= 0.3 is 0 Å². The first-order valence-corrected chi connectivity index (χ1v) is 8.60. The largest absolute Gasteiger partial charge is 0.394 e. The Hall–Kier alpha value is -1.65. The summed E-state index contributed by atoms with van der Waals surface area (Å²) in [6.07, 6.45) is 2.62. The van der Waals surface area contributed by atoms with E-state index in [1.807, 2.05) is 11.6 Å². The quantitative estimate of drug-likeness (QED) is 0.826. The Morgan fingerprint density at radius 3 is 2.65 bits per heavy atom. The van der Waals surface area contributed by atoms with E-state index in [4.69, 9.17) is 5.11 Å². The summed E-state index contributed by atoms with van der Waals surface area (Å²) in [6.45, 7) is 6.77. The van der Waals surface area contributed by atoms with Gasteiger partial charge in [-0.25, -0.2) is 0 Å². The second-order valence-corrected chi connectivity index (χ2v) is 6.58. The van der Waals surface area contributed by atoms with Crippen LogP contribution in [0.1, 0.15) is 41.3 Å². The van der Waals surface area contributed by atoms with Crippen LogP contribution in [0.25, 0.3) is 0 Å². The maximum Gasteiger partial charge on any atom is 0.0644 e. The zero-order valence-corrected chi connectivity index (χ0v) is 14.1. The molecule has 0 spiro atoms. The molecule has 0 saturated heterocycles. The molecule has 1 aliphatic carbocycles. The molecule has 4 nitrogen and oxygen atoms in total. The van der Waals surface area contributed by atoms with Crippen LogP contribution >= 0.6 is 0 Å². The summed E-state index contributed by atoms with van der Waals surface area (Å²) in [6, 6.07) is 10.9. The molecule has 1 aromatic heterocycles. The second-order valence-electron chi connectivity index (χ2n) is 6.58. The molecule has 1 fully saturated rings. The zero-order valence-electron chi connectivity index (χ0n) is 14.1. The highest BCUT2D eigenvalue weighted by atomic mass is 16.3. The normalized spacial score (nSPS) is 20.5. The molecule has 1 saturated carbocycles. The molecular weight excluding hydrogens is 286 g/mol. The van der Waals surface area contributed by atoms with Gasteiger partial charge in [0.1, 0.15) is 0 Å². The van der Waals surface area contributed by atoms with Crippen molar-refractivity contribution in [1.29, 1.82) is 0 Å². The van der Waals surface area contributed by atoms with Crippen molar-refractivity contribution >= 4 is 0 Å². The van der Waals surface area contributed by atoms with E-state index in [0.717, 1.165) is 30.4 Å². The fourth-order valence-corrected chi connectivity index (χ4v) is 3.64. The van der Waals surface area contributed by atoms with Gasteiger partial charge in [0.25, 0.3) is 0 Å². The van der Waals surface area contributed by atoms with Gasteiger partial charge in [-0.2, -0.15) is 5.10 Å². The molecule has 2 aromatic rings. The number of nitrogens with zero attached hydrogens (tertiary/aromatic N) is 2. The van der Waals surface area contributed by atoms with Gasteiger partial charge < -0.3 is 10.4 Å². The highest BCUT2D eigenvalue weighted by molar-refractivity contribution is 5.25. The molecule has 1 aliphatic rings. The maximum atomic E-state index is 9.09. The molecule has 0 aliphatic heterocycles. The highest BCUT2D eigenvalue weighted by Crippen LogP contribution is 2.41. The van der Waals surface area contributed by atoms with E-state index in [-0.39, 0.29) is 6.61 Å². The summed E-state index contributed by atoms with van der Waals surface area (Å²) >= 11 is 0. The number of aliphatic hydroxyl groups is 1. The van der Waals surface area contributed by atoms with Gasteiger partial charge in [-0.1, -0.05) is 30.3 Å². The van der Waals surface area contributed by atoms with Crippen molar-refractivity contribution in [1.82, 2.24) is 15.1 Å². The van der Waals surface area contributed by atoms with E-state index in [9.17, 15) is 0 Å². The Kier molecular flexibility index (Phi) is 5.13. The lowest BCUT2D eigenvalue weighted by molar-refractivity contribution is 0.245. The van der Waals surface area contributed by atoms with E-state index in [0.29, 0.717) is 12.5 Å². The number of aryl methyl sites for hydroxylation is 1. The first kappa shape index (κ1) is 16.2. The van der Waals surface area contributed by atoms with E-state index >= 15 is 0 Å². The van der Waals surface area contributed by atoms with Crippen molar-refractivity contribution in [3.8, 4) is 0 Å². The Labute approximate surface area is 138 Å². The molecule has 23 heavy (non-hydrogen) atoms. The standard InChI is InChI=1S/C19H27N3O/c1-14-19(15(2)22(21-14)10-11-23)13-20-12-17-8-9-18(17)16-6-4-3-5-7-16/h3-7,17-18,20,23H,8-13H2,1-2H3. The van der Waals surface area contributed by atoms with E-state index in [2.05, 4.69) is 47.7 Å². The van der Waals surface area contributed by atoms with Gasteiger partial charge in [-0.05, 0) is 50.6 Å². The summed E-state index contributed by atoms with van der Waals surface area (Å²) < 4.78 is 1.91. The monoisotopic (exact) mass is 313 g/mol. The van der Waals surface area contributed by atoms with E-state index in [1.165, 1.54) is 24.0 Å². The van der Waals surface area contributed by atoms with E-state index < -0.39 is 0 Å². The van der Waals surface area contributed by atoms with Crippen molar-refractivity contribution in [2.24, 2.45) is 5.92 Å². The fraction of sp³-hybridized carbons (Fsp3) is 0.526. The molecule has 1 aromatic carbocycles. The highest BCUT2D eigenvalue weighted by Gasteiger charge is 2.31. The lowest BCUT2D eigenvalue weighted by Gasteiger charge is -2.37. The molecule has 2 atom stereocenters. The van der Waals surface area contributed by atoms with Crippen LogP contribution < -0.4 is 5.32 Å². The Bertz CT molecular complexity index is 636. The molecule has 1 heterocycles. The molecule has 0 amide bonds. The first-order chi connectivity index (χ1) is 11.2. The lowest BCUT2D eigenvalue weighted by atomic mass is 9.70. The smallest absolute Gasteiger partial charge is 0.0644 e. The molecule has 124 valence electrons. The summed E-state index contributed by atoms with van der Waals surface area (Å²) in [7, 11) is 0. The number of aliphatic hydroxyl groups excluding tert-OH is 1. The lowest BCUT2D eigenvalue weighted by Crippen LogP contribution is -2.33. The second kappa shape index (κ2) is 7.28. The SMILES string of the molecule is Cc1nn(CCO)c(C)c1CNCC1CCC1c1ccccc1. The van der Waals surface area contributed by atoms with Gasteiger partial charge in [-0.3, -0.25) is 4.68 Å². The van der Waals surface area contributed by atoms with Crippen molar-refractivity contribution in [3.05, 3.63) is 52.8 Å². The van der Waals surface area contributed by atoms with Crippen LogP contribution in [-0.4, -0.2) is 28.0 Å². The van der Waals surface area contributed by atoms with Crippen LogP contribution in [0.2, 0.25) is 0 Å². The van der Waals surface area contributed by atoms with Crippen LogP contribution in [0.3, 0.4) is 0 Å². The predicted octanol–water partition coefficient (Wildman–Crippen LogP) is 2.78. The van der Waals surface area contributed by atoms with Gasteiger partial charge in [0.05, 0.1) is 18.8 Å². The van der Waals surface area contributed by atoms with Crippen LogP contribution in [-0.2, 0) is 13.1 Å². The number of hydrogen-bond acceptors (Lipinski definition) is 3. The van der Waals surface area contributed by atoms with Gasteiger partial charge in [0, 0.05) is 17.8 Å². The summed E-state index contributed by atoms with van der Waals surface area (Å²) in [5.74, 6) is 1.45. The number of benzene rings is 1. The minimum atomic E-state index is 0.135. The Balaban J connectivity index is 1.54. The number of aromatic nitrogens is 2. The third-order valence-corrected chi connectivity index (χ3v) is 5.20. The van der Waals surface area contributed by atoms with Gasteiger partial charge in [0.15, 0.2) is 0 Å². The van der Waals surface area contributed by atoms with Crippen molar-refractivity contribution < 1.29 is 5.11 Å². The Morgan fingerprint density at radius 1 is 1.22 bits per heavy atom. The summed E-state index contributed by atoms with van der Waals surface area (Å²) in [5.41, 5.74) is 4.98. The average molecular weight is 313 g/mol. The third-order valence-electron chi connectivity index (χ3n) is 5.20. The topological polar surface area (TPSA) is 50.1 Å². The molecule has 4 heteroatoms. The third kappa shape index (κ3) is 3.48. The van der Waals surface area contributed by atoms with Gasteiger partial charge in [-0.15, -0.1) is 0 Å². The number of nitrogens with one attached hydrogen (secondary N) is 1. The fourth-order valence-electron chi connectivity index (χ4n) is 3.64. The molecule has 0 radical (unpaired) electrons. The predicted molar refractivity (Wildman–Crippen MR) is 92.4 cm³/mol. The minimum absolute atomic E-state index is 0.135. The van der Waals surface area contributed by atoms with E-state index in [1.54, 1.807) is 0 Å². The maximum absolute atomic E-state index is 9.09. The molecule has 2 unspecified atom stereocenters. The number of rotatable bonds is 7. The first-order valence-electron chi connectivity index (χ1n) is 8.60. The van der Waals surface area contributed by atoms with Crippen LogP contribution in [0.5, 0.6) is 0 Å². The molecule has 3 rings (SSSR count). The summed E-state index contributed by atoms with van der Waals surface area (Å²) in [4.78, 5) is 0. The zero-order chi connectivity index (χ0) is 16.2. The number of hydrogen-bond donors (Lipinski definition) is 2. The molecular formula is C19H27N3O. The molecule has 0 bridgehead atoms. The van der Waals surface area contributed by atoms with Gasteiger partial charge in [0.2, 0.25) is 0 Å². The van der Waals surface area contributed by atoms with Crippen molar-refractivity contribution in [2.75, 3.05) is 13.2 Å². The van der Waals surface area contributed by atoms with Crippen molar-refractivity contribution in [3.63, 3.8) is 0 Å². The summed E-state index contributed by atoms with van der Waals surface area (Å²) in [5, 5.41) is 17.2. The Morgan fingerprint density at radius 2 is 2.00 bits per heavy atom. The average Bonchev–Trinajstić information content (AvgIpc) is 2.79. The minimum Gasteiger partial charge on any atom is -0.394 e. The van der Waals surface area contributed by atoms with Crippen LogP contribution in [0.4, 0.5) is 0 Å². The van der Waals surface area contributed by atoms with Crippen LogP contribution in [0, 0.1) is 19.8 Å².